The van der Waals surface area contributed by atoms with Gasteiger partial charge in [-0.2, -0.15) is 0 Å². The van der Waals surface area contributed by atoms with Gasteiger partial charge in [0.15, 0.2) is 5.78 Å². The van der Waals surface area contributed by atoms with Crippen LogP contribution in [0.1, 0.15) is 52.4 Å². The normalized spacial score (nSPS) is 31.5. The summed E-state index contributed by atoms with van der Waals surface area (Å²) >= 11 is 1.49. The number of carbonyl (C=O) groups is 4. The summed E-state index contributed by atoms with van der Waals surface area (Å²) in [7, 11) is 0. The monoisotopic (exact) mass is 586 g/mol. The first-order valence-corrected chi connectivity index (χ1v) is 15.5. The lowest BCUT2D eigenvalue weighted by Gasteiger charge is -2.47. The molecule has 6 rings (SSSR count). The molecule has 2 amide bonds. The van der Waals surface area contributed by atoms with Crippen LogP contribution in [0.4, 0.5) is 0 Å². The van der Waals surface area contributed by atoms with E-state index in [1.807, 2.05) is 18.7 Å². The lowest BCUT2D eigenvalue weighted by Crippen LogP contribution is -2.62. The first kappa shape index (κ1) is 28.3. The molecule has 0 saturated carbocycles. The van der Waals surface area contributed by atoms with Gasteiger partial charge in [0, 0.05) is 47.7 Å². The third-order valence-electron chi connectivity index (χ3n) is 9.73. The van der Waals surface area contributed by atoms with Gasteiger partial charge in [-0.1, -0.05) is 13.8 Å². The number of nitrogens with zero attached hydrogens (tertiary/aromatic N) is 6. The Kier molecular flexibility index (Phi) is 7.66. The molecule has 6 heterocycles. The fourth-order valence-corrected chi connectivity index (χ4v) is 9.06. The Balaban J connectivity index is 1.07. The van der Waals surface area contributed by atoms with E-state index in [1.54, 1.807) is 0 Å². The number of piperidine rings is 1. The second-order valence-corrected chi connectivity index (χ2v) is 13.7. The van der Waals surface area contributed by atoms with Gasteiger partial charge in [-0.25, -0.2) is 9.48 Å². The number of aromatic nitrogens is 4. The molecule has 4 saturated heterocycles. The Morgan fingerprint density at radius 2 is 2.02 bits per heavy atom. The van der Waals surface area contributed by atoms with Crippen LogP contribution in [-0.4, -0.2) is 108 Å². The van der Waals surface area contributed by atoms with Crippen molar-refractivity contribution in [3.05, 3.63) is 16.9 Å². The van der Waals surface area contributed by atoms with Crippen LogP contribution in [0.25, 0.3) is 0 Å². The molecule has 0 aliphatic carbocycles. The Bertz CT molecular complexity index is 1240. The van der Waals surface area contributed by atoms with Gasteiger partial charge < -0.3 is 25.5 Å². The maximum atomic E-state index is 13.3. The van der Waals surface area contributed by atoms with Crippen LogP contribution < -0.4 is 10.6 Å². The zero-order valence-corrected chi connectivity index (χ0v) is 24.3. The van der Waals surface area contributed by atoms with Crippen molar-refractivity contribution in [1.82, 2.24) is 40.6 Å². The van der Waals surface area contributed by atoms with Crippen LogP contribution >= 0.6 is 11.8 Å². The van der Waals surface area contributed by atoms with Gasteiger partial charge in [0.05, 0.1) is 18.0 Å². The summed E-state index contributed by atoms with van der Waals surface area (Å²) in [6.07, 6.45) is 6.54. The third kappa shape index (κ3) is 5.18. The summed E-state index contributed by atoms with van der Waals surface area (Å²) in [4.78, 5) is 55.6. The minimum Gasteiger partial charge on any atom is -0.477 e. The van der Waals surface area contributed by atoms with E-state index in [1.165, 1.54) is 40.5 Å². The van der Waals surface area contributed by atoms with Crippen LogP contribution in [0.15, 0.2) is 16.9 Å². The highest BCUT2D eigenvalue weighted by Gasteiger charge is 2.60. The van der Waals surface area contributed by atoms with Crippen LogP contribution in [0.3, 0.4) is 0 Å². The van der Waals surface area contributed by atoms with Gasteiger partial charge in [-0.05, 0) is 55.0 Å². The Morgan fingerprint density at radius 3 is 2.68 bits per heavy atom. The zero-order valence-electron chi connectivity index (χ0n) is 23.5. The van der Waals surface area contributed by atoms with E-state index in [0.717, 1.165) is 32.5 Å². The molecule has 0 aromatic carbocycles. The van der Waals surface area contributed by atoms with E-state index in [-0.39, 0.29) is 71.0 Å². The summed E-state index contributed by atoms with van der Waals surface area (Å²) in [5.74, 6) is -2.15. The summed E-state index contributed by atoms with van der Waals surface area (Å²) < 4.78 is 1.35. The summed E-state index contributed by atoms with van der Waals surface area (Å²) in [6.45, 7) is 7.08. The van der Waals surface area contributed by atoms with Crippen LogP contribution in [-0.2, 0) is 25.7 Å². The zero-order chi connectivity index (χ0) is 28.9. The Labute approximate surface area is 242 Å². The molecule has 3 N–H and O–H groups in total. The first-order chi connectivity index (χ1) is 19.7. The van der Waals surface area contributed by atoms with Crippen LogP contribution in [0, 0.1) is 17.8 Å². The second-order valence-electron chi connectivity index (χ2n) is 12.3. The number of carboxylic acids is 1. The molecule has 41 heavy (non-hydrogen) atoms. The van der Waals surface area contributed by atoms with Gasteiger partial charge in [-0.15, -0.1) is 16.9 Å². The molecule has 0 radical (unpaired) electrons. The molecule has 0 bridgehead atoms. The molecule has 4 fully saturated rings. The lowest BCUT2D eigenvalue weighted by molar-refractivity contribution is -0.160. The van der Waals surface area contributed by atoms with Crippen molar-refractivity contribution in [3.8, 4) is 0 Å². The molecule has 6 atom stereocenters. The number of β-lactam (4-membered cyclic amide) rings is 1. The number of thioether (sulfide) groups is 1. The fraction of sp³-hybridized carbons (Fsp3) is 0.741. The summed E-state index contributed by atoms with van der Waals surface area (Å²) in [6, 6.07) is -0.565. The van der Waals surface area contributed by atoms with Crippen molar-refractivity contribution in [2.45, 2.75) is 81.8 Å². The maximum Gasteiger partial charge on any atom is 0.353 e. The SMILES string of the molecule is C[C@@H](CC(=O)Cn1cnnn1)[C@H]1C(=O)N2C(C(=O)O)=C(S[C@@H]3CN[C@H](C(=O)N4CCC5(CCCN5)CC4)C3)[C@H](C)[C@H]12. The molecular formula is C27H38N8O5S. The van der Waals surface area contributed by atoms with Crippen molar-refractivity contribution in [2.24, 2.45) is 17.8 Å². The predicted molar refractivity (Wildman–Crippen MR) is 148 cm³/mol. The molecule has 1 aromatic rings. The van der Waals surface area contributed by atoms with Crippen molar-refractivity contribution < 1.29 is 24.3 Å². The topological polar surface area (TPSA) is 163 Å². The third-order valence-corrected chi connectivity index (χ3v) is 11.2. The molecular weight excluding hydrogens is 548 g/mol. The highest BCUT2D eigenvalue weighted by molar-refractivity contribution is 8.03. The summed E-state index contributed by atoms with van der Waals surface area (Å²) in [5.41, 5.74) is 0.265. The van der Waals surface area contributed by atoms with Crippen molar-refractivity contribution in [2.75, 3.05) is 26.2 Å². The molecule has 1 spiro atoms. The second kappa shape index (κ2) is 11.1. The minimum atomic E-state index is -1.11. The van der Waals surface area contributed by atoms with E-state index in [4.69, 9.17) is 0 Å². The van der Waals surface area contributed by atoms with Crippen LogP contribution in [0.5, 0.6) is 0 Å². The number of carbonyl (C=O) groups excluding carboxylic acids is 3. The number of carboxylic acid groups (broad SMARTS) is 1. The number of Topliss-reactive ketones (excluding diaryl/α,β-unsaturated/α-hetero) is 1. The average Bonchev–Trinajstić information content (AvgIpc) is 3.74. The number of aliphatic carboxylic acids is 1. The van der Waals surface area contributed by atoms with E-state index < -0.39 is 11.9 Å². The quantitative estimate of drug-likeness (QED) is 0.340. The van der Waals surface area contributed by atoms with Gasteiger partial charge in [0.25, 0.3) is 0 Å². The molecule has 5 aliphatic rings. The van der Waals surface area contributed by atoms with Crippen molar-refractivity contribution in [3.63, 3.8) is 0 Å². The number of fused-ring (bicyclic) bond motifs is 1. The standard InChI is InChI=1S/C27H38N8O5S/c1-15(10-17(36)13-34-14-30-31-32-34)20-21-16(2)23(22(26(39)40)35(21)25(20)38)41-18-11-19(28-12-18)24(37)33-8-5-27(6-9-33)4-3-7-29-27/h14-16,18-21,28-29H,3-13H2,1-2H3,(H,39,40)/t15-,16+,18-,19-,20+,21+/m0/s1. The Hall–Kier alpha value is -2.84. The molecule has 14 heteroatoms. The Morgan fingerprint density at radius 1 is 1.24 bits per heavy atom. The number of ketones is 1. The molecule has 0 unspecified atom stereocenters. The van der Waals surface area contributed by atoms with E-state index in [0.29, 0.717) is 17.9 Å². The van der Waals surface area contributed by atoms with E-state index in [2.05, 4.69) is 26.2 Å². The first-order valence-electron chi connectivity index (χ1n) is 14.6. The average molecular weight is 587 g/mol. The highest BCUT2D eigenvalue weighted by Crippen LogP contribution is 2.53. The number of nitrogens with one attached hydrogen (secondary N) is 2. The number of rotatable bonds is 9. The number of tetrazole rings is 1. The van der Waals surface area contributed by atoms with E-state index in [9.17, 15) is 24.3 Å². The molecule has 1 aromatic heterocycles. The summed E-state index contributed by atoms with van der Waals surface area (Å²) in [5, 5.41) is 28.0. The van der Waals surface area contributed by atoms with Crippen molar-refractivity contribution >= 4 is 35.3 Å². The molecule has 222 valence electrons. The van der Waals surface area contributed by atoms with E-state index >= 15 is 0 Å². The van der Waals surface area contributed by atoms with Gasteiger partial charge in [0.1, 0.15) is 18.6 Å². The largest absolute Gasteiger partial charge is 0.477 e. The van der Waals surface area contributed by atoms with Gasteiger partial charge in [0.2, 0.25) is 11.8 Å². The van der Waals surface area contributed by atoms with Crippen molar-refractivity contribution in [1.29, 1.82) is 0 Å². The van der Waals surface area contributed by atoms with Gasteiger partial charge >= 0.3 is 5.97 Å². The minimum absolute atomic E-state index is 0.0333. The van der Waals surface area contributed by atoms with Crippen LogP contribution in [0.2, 0.25) is 0 Å². The lowest BCUT2D eigenvalue weighted by atomic mass is 9.73. The maximum absolute atomic E-state index is 13.3. The smallest absolute Gasteiger partial charge is 0.353 e. The molecule has 13 nitrogen and oxygen atoms in total. The highest BCUT2D eigenvalue weighted by atomic mass is 32.2. The predicted octanol–water partition coefficient (Wildman–Crippen LogP) is 0.250. The fourth-order valence-electron chi connectivity index (χ4n) is 7.58. The van der Waals surface area contributed by atoms with Gasteiger partial charge in [-0.3, -0.25) is 14.4 Å². The molecule has 5 aliphatic heterocycles. The number of likely N-dealkylation sites (tertiary alicyclic amines) is 1. The number of amides is 2. The number of hydrogen-bond acceptors (Lipinski definition) is 10. The number of hydrogen-bond donors (Lipinski definition) is 3.